The van der Waals surface area contributed by atoms with Crippen molar-refractivity contribution in [2.24, 2.45) is 5.92 Å². The average Bonchev–Trinajstić information content (AvgIpc) is 2.80. The largest absolute Gasteiger partial charge is 0.373 e. The molecule has 0 aromatic carbocycles. The summed E-state index contributed by atoms with van der Waals surface area (Å²) in [5.41, 5.74) is 1.84. The Morgan fingerprint density at radius 1 is 1.68 bits per heavy atom. The van der Waals surface area contributed by atoms with Crippen molar-refractivity contribution in [3.8, 4) is 0 Å². The van der Waals surface area contributed by atoms with Gasteiger partial charge in [-0.25, -0.2) is 0 Å². The number of allylic oxidation sites excluding steroid dienone is 1. The monoisotopic (exact) mass is 264 g/mol. The van der Waals surface area contributed by atoms with Gasteiger partial charge >= 0.3 is 0 Å². The first-order chi connectivity index (χ1) is 9.15. The molecule has 1 atom stereocenters. The highest BCUT2D eigenvalue weighted by atomic mass is 16.5. The first-order valence-electron chi connectivity index (χ1n) is 6.54. The van der Waals surface area contributed by atoms with Crippen LogP contribution in [0.5, 0.6) is 0 Å². The number of amides is 1. The number of aromatic nitrogens is 3. The molecule has 0 fully saturated rings. The van der Waals surface area contributed by atoms with E-state index in [9.17, 15) is 4.79 Å². The minimum atomic E-state index is -0.0652. The molecule has 2 heterocycles. The Morgan fingerprint density at radius 2 is 2.53 bits per heavy atom. The molecule has 1 N–H and O–H groups in total. The third-order valence-electron chi connectivity index (χ3n) is 3.05. The van der Waals surface area contributed by atoms with Gasteiger partial charge in [0.15, 0.2) is 0 Å². The van der Waals surface area contributed by atoms with Gasteiger partial charge < -0.3 is 10.1 Å². The van der Waals surface area contributed by atoms with Crippen LogP contribution in [0.2, 0.25) is 0 Å². The maximum Gasteiger partial charge on any atom is 0.223 e. The molecule has 0 saturated heterocycles. The lowest BCUT2D eigenvalue weighted by Crippen LogP contribution is -2.34. The summed E-state index contributed by atoms with van der Waals surface area (Å²) in [7, 11) is 0. The summed E-state index contributed by atoms with van der Waals surface area (Å²) in [6, 6.07) is 0. The van der Waals surface area contributed by atoms with E-state index >= 15 is 0 Å². The summed E-state index contributed by atoms with van der Waals surface area (Å²) in [4.78, 5) is 12.1. The normalized spacial score (nSPS) is 21.1. The third kappa shape index (κ3) is 4.17. The van der Waals surface area contributed by atoms with E-state index in [0.717, 1.165) is 17.7 Å². The van der Waals surface area contributed by atoms with E-state index in [4.69, 9.17) is 4.74 Å². The first kappa shape index (κ1) is 13.7. The van der Waals surface area contributed by atoms with Gasteiger partial charge in [0.2, 0.25) is 5.91 Å². The van der Waals surface area contributed by atoms with Gasteiger partial charge in [-0.05, 0) is 19.8 Å². The van der Waals surface area contributed by atoms with Crippen LogP contribution < -0.4 is 5.32 Å². The summed E-state index contributed by atoms with van der Waals surface area (Å²) in [6.07, 6.45) is 3.31. The summed E-state index contributed by atoms with van der Waals surface area (Å²) < 4.78 is 7.18. The second-order valence-corrected chi connectivity index (χ2v) is 4.96. The standard InChI is InChI=1S/C13H20N4O2/c1-10(2)7-11-3-5-17-8-12(15-16-17)9-19-6-4-14-13(11)18/h8,11H,1,3-7,9H2,2H3,(H,14,18)/t11-/m1/s1. The predicted molar refractivity (Wildman–Crippen MR) is 70.2 cm³/mol. The van der Waals surface area contributed by atoms with Crippen LogP contribution in [0, 0.1) is 5.92 Å². The number of carbonyl (C=O) groups excluding carboxylic acids is 1. The van der Waals surface area contributed by atoms with E-state index in [1.807, 2.05) is 13.1 Å². The Bertz CT molecular complexity index is 455. The Hall–Kier alpha value is -1.69. The van der Waals surface area contributed by atoms with Crippen molar-refractivity contribution in [1.29, 1.82) is 0 Å². The highest BCUT2D eigenvalue weighted by Gasteiger charge is 2.19. The summed E-state index contributed by atoms with van der Waals surface area (Å²) in [5, 5.41) is 11.0. The number of carbonyl (C=O) groups is 1. The Morgan fingerprint density at radius 3 is 3.32 bits per heavy atom. The van der Waals surface area contributed by atoms with Gasteiger partial charge in [0, 0.05) is 19.0 Å². The molecule has 0 spiro atoms. The fraction of sp³-hybridized carbons (Fsp3) is 0.615. The molecule has 2 rings (SSSR count). The lowest BCUT2D eigenvalue weighted by molar-refractivity contribution is -0.125. The number of nitrogens with one attached hydrogen (secondary N) is 1. The second kappa shape index (κ2) is 6.47. The molecule has 19 heavy (non-hydrogen) atoms. The Kier molecular flexibility index (Phi) is 4.68. The number of rotatable bonds is 2. The molecular weight excluding hydrogens is 244 g/mol. The quantitative estimate of drug-likeness (QED) is 0.806. The predicted octanol–water partition coefficient (Wildman–Crippen LogP) is 0.897. The molecule has 2 bridgehead atoms. The zero-order valence-electron chi connectivity index (χ0n) is 11.3. The molecule has 1 aromatic heterocycles. The highest BCUT2D eigenvalue weighted by Crippen LogP contribution is 2.15. The smallest absolute Gasteiger partial charge is 0.223 e. The highest BCUT2D eigenvalue weighted by molar-refractivity contribution is 5.78. The molecule has 0 aliphatic carbocycles. The van der Waals surface area contributed by atoms with Crippen LogP contribution in [-0.2, 0) is 22.7 Å². The van der Waals surface area contributed by atoms with Crippen molar-refractivity contribution in [3.63, 3.8) is 0 Å². The molecule has 104 valence electrons. The second-order valence-electron chi connectivity index (χ2n) is 4.96. The lowest BCUT2D eigenvalue weighted by atomic mass is 9.96. The number of aryl methyl sites for hydroxylation is 1. The van der Waals surface area contributed by atoms with Crippen LogP contribution in [0.4, 0.5) is 0 Å². The molecule has 1 aliphatic rings. The van der Waals surface area contributed by atoms with Gasteiger partial charge in [0.05, 0.1) is 19.4 Å². The number of hydrogen-bond acceptors (Lipinski definition) is 4. The van der Waals surface area contributed by atoms with Crippen molar-refractivity contribution < 1.29 is 9.53 Å². The first-order valence-corrected chi connectivity index (χ1v) is 6.54. The zero-order valence-corrected chi connectivity index (χ0v) is 11.3. The van der Waals surface area contributed by atoms with E-state index in [1.165, 1.54) is 0 Å². The summed E-state index contributed by atoms with van der Waals surface area (Å²) >= 11 is 0. The average molecular weight is 264 g/mol. The number of hydrogen-bond donors (Lipinski definition) is 1. The van der Waals surface area contributed by atoms with Crippen LogP contribution in [0.15, 0.2) is 18.3 Å². The van der Waals surface area contributed by atoms with Crippen molar-refractivity contribution in [3.05, 3.63) is 24.0 Å². The molecule has 0 saturated carbocycles. The maximum atomic E-state index is 12.1. The summed E-state index contributed by atoms with van der Waals surface area (Å²) in [5.74, 6) is -0.00270. The molecule has 0 radical (unpaired) electrons. The summed E-state index contributed by atoms with van der Waals surface area (Å²) in [6.45, 7) is 7.96. The number of nitrogens with zero attached hydrogens (tertiary/aromatic N) is 3. The number of fused-ring (bicyclic) bond motifs is 2. The Balaban J connectivity index is 2.06. The van der Waals surface area contributed by atoms with Crippen LogP contribution >= 0.6 is 0 Å². The number of ether oxygens (including phenoxy) is 1. The van der Waals surface area contributed by atoms with Gasteiger partial charge in [-0.2, -0.15) is 0 Å². The molecule has 1 amide bonds. The van der Waals surface area contributed by atoms with Gasteiger partial charge in [0.25, 0.3) is 0 Å². The van der Waals surface area contributed by atoms with Crippen LogP contribution in [0.25, 0.3) is 0 Å². The third-order valence-corrected chi connectivity index (χ3v) is 3.05. The molecule has 6 nitrogen and oxygen atoms in total. The Labute approximate surface area is 112 Å². The molecule has 1 aliphatic heterocycles. The van der Waals surface area contributed by atoms with Crippen molar-refractivity contribution in [2.75, 3.05) is 13.2 Å². The lowest BCUT2D eigenvalue weighted by Gasteiger charge is -2.17. The molecule has 6 heteroatoms. The topological polar surface area (TPSA) is 69.0 Å². The van der Waals surface area contributed by atoms with E-state index in [1.54, 1.807) is 4.68 Å². The van der Waals surface area contributed by atoms with Gasteiger partial charge in [-0.15, -0.1) is 11.7 Å². The van der Waals surface area contributed by atoms with Gasteiger partial charge in [0.1, 0.15) is 5.69 Å². The molecule has 0 unspecified atom stereocenters. The van der Waals surface area contributed by atoms with Crippen molar-refractivity contribution >= 4 is 5.91 Å². The van der Waals surface area contributed by atoms with Crippen LogP contribution in [0.1, 0.15) is 25.5 Å². The van der Waals surface area contributed by atoms with E-state index in [-0.39, 0.29) is 11.8 Å². The fourth-order valence-corrected chi connectivity index (χ4v) is 2.12. The minimum absolute atomic E-state index is 0.0625. The van der Waals surface area contributed by atoms with Gasteiger partial charge in [-0.1, -0.05) is 10.8 Å². The fourth-order valence-electron chi connectivity index (χ4n) is 2.12. The molecule has 1 aromatic rings. The van der Waals surface area contributed by atoms with Crippen molar-refractivity contribution in [2.45, 2.75) is 32.9 Å². The zero-order chi connectivity index (χ0) is 13.7. The van der Waals surface area contributed by atoms with Gasteiger partial charge in [-0.3, -0.25) is 9.48 Å². The van der Waals surface area contributed by atoms with E-state index in [0.29, 0.717) is 32.7 Å². The van der Waals surface area contributed by atoms with Crippen LogP contribution in [0.3, 0.4) is 0 Å². The van der Waals surface area contributed by atoms with E-state index in [2.05, 4.69) is 22.2 Å². The maximum absolute atomic E-state index is 12.1. The molecular formula is C13H20N4O2. The van der Waals surface area contributed by atoms with E-state index < -0.39 is 0 Å². The minimum Gasteiger partial charge on any atom is -0.373 e. The van der Waals surface area contributed by atoms with Crippen molar-refractivity contribution in [1.82, 2.24) is 20.3 Å². The van der Waals surface area contributed by atoms with Crippen LogP contribution in [-0.4, -0.2) is 34.1 Å². The SMILES string of the molecule is C=C(C)C[C@H]1CCn2cc(nn2)COCCNC1=O.